The minimum atomic E-state index is -0.0452. The zero-order valence-corrected chi connectivity index (χ0v) is 10.7. The van der Waals surface area contributed by atoms with Gasteiger partial charge in [0.25, 0.3) is 5.91 Å². The van der Waals surface area contributed by atoms with Crippen LogP contribution in [0.3, 0.4) is 0 Å². The summed E-state index contributed by atoms with van der Waals surface area (Å²) < 4.78 is 6.94. The van der Waals surface area contributed by atoms with Gasteiger partial charge in [-0.15, -0.1) is 0 Å². The summed E-state index contributed by atoms with van der Waals surface area (Å²) in [7, 11) is 1.94. The Bertz CT molecular complexity index is 561. The molecule has 1 atom stereocenters. The minimum Gasteiger partial charge on any atom is -0.472 e. The van der Waals surface area contributed by atoms with Crippen molar-refractivity contribution in [2.75, 3.05) is 19.6 Å². The fourth-order valence-corrected chi connectivity index (χ4v) is 2.43. The predicted molar refractivity (Wildman–Crippen MR) is 68.6 cm³/mol. The summed E-state index contributed by atoms with van der Waals surface area (Å²) in [5, 5.41) is 3.31. The average molecular weight is 260 g/mol. The second kappa shape index (κ2) is 4.89. The highest BCUT2D eigenvalue weighted by molar-refractivity contribution is 5.94. The van der Waals surface area contributed by atoms with Gasteiger partial charge in [0.1, 0.15) is 18.1 Å². The fourth-order valence-electron chi connectivity index (χ4n) is 2.43. The number of carbonyl (C=O) groups is 1. The van der Waals surface area contributed by atoms with Crippen LogP contribution in [0.2, 0.25) is 0 Å². The van der Waals surface area contributed by atoms with Crippen molar-refractivity contribution < 1.29 is 9.21 Å². The van der Waals surface area contributed by atoms with Crippen LogP contribution in [0, 0.1) is 0 Å². The van der Waals surface area contributed by atoms with E-state index in [1.54, 1.807) is 12.3 Å². The molecule has 3 rings (SSSR count). The Labute approximate surface area is 111 Å². The molecule has 1 amide bonds. The van der Waals surface area contributed by atoms with E-state index in [1.807, 2.05) is 22.7 Å². The van der Waals surface area contributed by atoms with E-state index >= 15 is 0 Å². The van der Waals surface area contributed by atoms with Crippen LogP contribution in [0.4, 0.5) is 0 Å². The fraction of sp³-hybridized carbons (Fsp3) is 0.385. The van der Waals surface area contributed by atoms with E-state index in [4.69, 9.17) is 4.42 Å². The molecule has 100 valence electrons. The molecule has 1 aliphatic heterocycles. The number of amides is 1. The van der Waals surface area contributed by atoms with Crippen molar-refractivity contribution in [1.29, 1.82) is 0 Å². The summed E-state index contributed by atoms with van der Waals surface area (Å²) in [5.41, 5.74) is 0.584. The molecule has 6 nitrogen and oxygen atoms in total. The monoisotopic (exact) mass is 260 g/mol. The third-order valence-corrected chi connectivity index (χ3v) is 3.43. The first-order chi connectivity index (χ1) is 9.27. The van der Waals surface area contributed by atoms with Crippen molar-refractivity contribution >= 4 is 5.91 Å². The van der Waals surface area contributed by atoms with Crippen LogP contribution in [0.15, 0.2) is 35.4 Å². The van der Waals surface area contributed by atoms with Crippen LogP contribution in [0.25, 0.3) is 0 Å². The van der Waals surface area contributed by atoms with E-state index in [2.05, 4.69) is 10.3 Å². The van der Waals surface area contributed by atoms with Gasteiger partial charge in [-0.05, 0) is 6.07 Å². The van der Waals surface area contributed by atoms with Gasteiger partial charge in [-0.1, -0.05) is 0 Å². The molecule has 0 bridgehead atoms. The van der Waals surface area contributed by atoms with Gasteiger partial charge < -0.3 is 19.2 Å². The SMILES string of the molecule is Cn1ccnc1C1CNCCN1C(=O)c1ccoc1. The number of rotatable bonds is 2. The molecule has 0 aromatic carbocycles. The zero-order valence-electron chi connectivity index (χ0n) is 10.7. The van der Waals surface area contributed by atoms with Gasteiger partial charge in [-0.3, -0.25) is 4.79 Å². The number of imidazole rings is 1. The lowest BCUT2D eigenvalue weighted by Crippen LogP contribution is -2.49. The maximum Gasteiger partial charge on any atom is 0.257 e. The quantitative estimate of drug-likeness (QED) is 0.867. The van der Waals surface area contributed by atoms with Gasteiger partial charge in [-0.25, -0.2) is 4.98 Å². The molecule has 0 radical (unpaired) electrons. The van der Waals surface area contributed by atoms with Crippen molar-refractivity contribution in [2.24, 2.45) is 7.05 Å². The van der Waals surface area contributed by atoms with Crippen LogP contribution in [0.1, 0.15) is 22.2 Å². The predicted octanol–water partition coefficient (Wildman–Crippen LogP) is 0.800. The number of aromatic nitrogens is 2. The number of furan rings is 1. The molecule has 19 heavy (non-hydrogen) atoms. The van der Waals surface area contributed by atoms with Crippen molar-refractivity contribution in [3.8, 4) is 0 Å². The molecule has 3 heterocycles. The van der Waals surface area contributed by atoms with Crippen LogP contribution in [0.5, 0.6) is 0 Å². The summed E-state index contributed by atoms with van der Waals surface area (Å²) in [4.78, 5) is 18.7. The van der Waals surface area contributed by atoms with E-state index in [-0.39, 0.29) is 11.9 Å². The minimum absolute atomic E-state index is 0.0109. The van der Waals surface area contributed by atoms with Gasteiger partial charge in [0.05, 0.1) is 11.8 Å². The molecule has 1 aliphatic rings. The van der Waals surface area contributed by atoms with Gasteiger partial charge in [0.2, 0.25) is 0 Å². The highest BCUT2D eigenvalue weighted by Crippen LogP contribution is 2.22. The summed E-state index contributed by atoms with van der Waals surface area (Å²) >= 11 is 0. The number of nitrogens with one attached hydrogen (secondary N) is 1. The van der Waals surface area contributed by atoms with Crippen LogP contribution in [-0.4, -0.2) is 40.0 Å². The topological polar surface area (TPSA) is 63.3 Å². The first-order valence-corrected chi connectivity index (χ1v) is 6.28. The van der Waals surface area contributed by atoms with Crippen molar-refractivity contribution in [1.82, 2.24) is 19.8 Å². The molecule has 1 fully saturated rings. The third-order valence-electron chi connectivity index (χ3n) is 3.43. The molecule has 1 N–H and O–H groups in total. The lowest BCUT2D eigenvalue weighted by atomic mass is 10.1. The number of hydrogen-bond acceptors (Lipinski definition) is 4. The normalized spacial score (nSPS) is 19.6. The Morgan fingerprint density at radius 1 is 1.58 bits per heavy atom. The molecule has 2 aromatic rings. The van der Waals surface area contributed by atoms with E-state index < -0.39 is 0 Å². The molecule has 0 aliphatic carbocycles. The number of piperazine rings is 1. The molecule has 0 saturated carbocycles. The molecular formula is C13H16N4O2. The molecular weight excluding hydrogens is 244 g/mol. The van der Waals surface area contributed by atoms with Crippen molar-refractivity contribution in [2.45, 2.75) is 6.04 Å². The number of hydrogen-bond donors (Lipinski definition) is 1. The summed E-state index contributed by atoms with van der Waals surface area (Å²) in [5.74, 6) is 0.882. The summed E-state index contributed by atoms with van der Waals surface area (Å²) in [6.45, 7) is 2.18. The average Bonchev–Trinajstić information content (AvgIpc) is 3.09. The van der Waals surface area contributed by atoms with Gasteiger partial charge >= 0.3 is 0 Å². The van der Waals surface area contributed by atoms with Crippen LogP contribution < -0.4 is 5.32 Å². The molecule has 6 heteroatoms. The standard InChI is InChI=1S/C13H16N4O2/c1-16-5-4-15-12(16)11-8-14-3-6-17(11)13(18)10-2-7-19-9-10/h2,4-5,7,9,11,14H,3,6,8H2,1H3. The molecule has 1 saturated heterocycles. The highest BCUT2D eigenvalue weighted by Gasteiger charge is 2.31. The Kier molecular flexibility index (Phi) is 3.08. The first kappa shape index (κ1) is 12.0. The van der Waals surface area contributed by atoms with Gasteiger partial charge in [0, 0.05) is 39.1 Å². The lowest BCUT2D eigenvalue weighted by molar-refractivity contribution is 0.0620. The van der Waals surface area contributed by atoms with E-state index in [0.29, 0.717) is 18.7 Å². The second-order valence-corrected chi connectivity index (χ2v) is 4.63. The van der Waals surface area contributed by atoms with Gasteiger partial charge in [-0.2, -0.15) is 0 Å². The summed E-state index contributed by atoms with van der Waals surface area (Å²) in [6.07, 6.45) is 6.65. The van der Waals surface area contributed by atoms with Crippen molar-refractivity contribution in [3.63, 3.8) is 0 Å². The Morgan fingerprint density at radius 2 is 2.47 bits per heavy atom. The molecule has 1 unspecified atom stereocenters. The molecule has 0 spiro atoms. The third kappa shape index (κ3) is 2.15. The number of aryl methyl sites for hydroxylation is 1. The number of nitrogens with zero attached hydrogens (tertiary/aromatic N) is 3. The Balaban J connectivity index is 1.90. The van der Waals surface area contributed by atoms with Crippen molar-refractivity contribution in [3.05, 3.63) is 42.4 Å². The zero-order chi connectivity index (χ0) is 13.2. The highest BCUT2D eigenvalue weighted by atomic mass is 16.3. The smallest absolute Gasteiger partial charge is 0.257 e. The first-order valence-electron chi connectivity index (χ1n) is 6.28. The maximum atomic E-state index is 12.5. The van der Waals surface area contributed by atoms with E-state index in [9.17, 15) is 4.79 Å². The van der Waals surface area contributed by atoms with E-state index in [0.717, 1.165) is 12.4 Å². The van der Waals surface area contributed by atoms with Gasteiger partial charge in [0.15, 0.2) is 0 Å². The second-order valence-electron chi connectivity index (χ2n) is 4.63. The maximum absolute atomic E-state index is 12.5. The van der Waals surface area contributed by atoms with Crippen LogP contribution in [-0.2, 0) is 7.05 Å². The number of carbonyl (C=O) groups excluding carboxylic acids is 1. The summed E-state index contributed by atoms with van der Waals surface area (Å²) in [6, 6.07) is 1.65. The largest absolute Gasteiger partial charge is 0.472 e. The van der Waals surface area contributed by atoms with Crippen LogP contribution >= 0.6 is 0 Å². The Morgan fingerprint density at radius 3 is 3.16 bits per heavy atom. The lowest BCUT2D eigenvalue weighted by Gasteiger charge is -2.35. The molecule has 2 aromatic heterocycles. The van der Waals surface area contributed by atoms with E-state index in [1.165, 1.54) is 12.5 Å². The Hall–Kier alpha value is -2.08.